The second-order valence-electron chi connectivity index (χ2n) is 14.9. The van der Waals surface area contributed by atoms with E-state index in [4.69, 9.17) is 4.42 Å². The first kappa shape index (κ1) is 32.4. The van der Waals surface area contributed by atoms with Crippen LogP contribution in [0.4, 0.5) is 17.1 Å². The van der Waals surface area contributed by atoms with Crippen LogP contribution >= 0.6 is 0 Å². The average Bonchev–Trinajstić information content (AvgIpc) is 3.95. The monoisotopic (exact) mass is 741 g/mol. The Morgan fingerprint density at radius 1 is 0.328 bits per heavy atom. The molecule has 58 heavy (non-hydrogen) atoms. The van der Waals surface area contributed by atoms with Gasteiger partial charge in [-0.3, -0.25) is 0 Å². The van der Waals surface area contributed by atoms with Gasteiger partial charge in [-0.2, -0.15) is 0 Å². The fourth-order valence-electron chi connectivity index (χ4n) is 9.28. The van der Waals surface area contributed by atoms with Crippen molar-refractivity contribution in [3.8, 4) is 22.5 Å². The molecule has 0 amide bonds. The van der Waals surface area contributed by atoms with Gasteiger partial charge in [-0.15, -0.1) is 0 Å². The number of benzene rings is 9. The molecule has 0 spiro atoms. The van der Waals surface area contributed by atoms with Gasteiger partial charge in [-0.1, -0.05) is 133 Å². The number of nitrogens with zero attached hydrogens (tertiary/aromatic N) is 3. The summed E-state index contributed by atoms with van der Waals surface area (Å²) >= 11 is 0. The quantitative estimate of drug-likeness (QED) is 0.170. The van der Waals surface area contributed by atoms with E-state index in [1.165, 1.54) is 32.6 Å². The van der Waals surface area contributed by atoms with Crippen LogP contribution in [0.2, 0.25) is 0 Å². The van der Waals surface area contributed by atoms with E-state index in [1.807, 2.05) is 6.07 Å². The molecule has 0 unspecified atom stereocenters. The van der Waals surface area contributed by atoms with E-state index >= 15 is 0 Å². The van der Waals surface area contributed by atoms with Crippen LogP contribution in [-0.2, 0) is 0 Å². The third kappa shape index (κ3) is 4.82. The molecule has 4 nitrogen and oxygen atoms in total. The van der Waals surface area contributed by atoms with Crippen LogP contribution in [-0.4, -0.2) is 9.13 Å². The number of furan rings is 1. The summed E-state index contributed by atoms with van der Waals surface area (Å²) in [6, 6.07) is 76.2. The van der Waals surface area contributed by atoms with Crippen molar-refractivity contribution in [2.45, 2.75) is 0 Å². The Bertz CT molecular complexity index is 3520. The van der Waals surface area contributed by atoms with Crippen molar-refractivity contribution in [3.63, 3.8) is 0 Å². The molecule has 12 aromatic rings. The molecule has 3 aromatic heterocycles. The van der Waals surface area contributed by atoms with Gasteiger partial charge in [-0.05, 0) is 84.4 Å². The van der Waals surface area contributed by atoms with Crippen LogP contribution in [0.3, 0.4) is 0 Å². The number of anilines is 3. The Balaban J connectivity index is 1.18. The third-order valence-electron chi connectivity index (χ3n) is 11.7. The normalized spacial score (nSPS) is 11.8. The first-order valence-corrected chi connectivity index (χ1v) is 19.8. The lowest BCUT2D eigenvalue weighted by atomic mass is 9.98. The predicted octanol–water partition coefficient (Wildman–Crippen LogP) is 14.9. The summed E-state index contributed by atoms with van der Waals surface area (Å²) in [7, 11) is 0. The first-order chi connectivity index (χ1) is 28.8. The molecular formula is C54H35N3O. The van der Waals surface area contributed by atoms with Crippen LogP contribution in [0.5, 0.6) is 0 Å². The van der Waals surface area contributed by atoms with Crippen LogP contribution < -0.4 is 4.90 Å². The molecule has 9 aromatic carbocycles. The highest BCUT2D eigenvalue weighted by atomic mass is 16.3. The second-order valence-corrected chi connectivity index (χ2v) is 14.9. The SMILES string of the molecule is c1ccc(-n2c3ccccc3c3ccc(-c4ccccc4N(c4cccc5oc6ccccc6c45)c4cccc5c4c4ccccc4n5-c4ccccc4)cc32)cc1. The standard InChI is InChI=1S/C54H35N3O/c1-3-17-37(18-4-1)55-46-27-13-9-23-42(46)53-47(55)28-15-29-48(53)57(49-30-16-32-52-54(49)43-24-10-14-31-51(43)58-52)44-25-11-7-21-39(44)36-33-34-41-40-22-8-12-26-45(40)56(50(41)35-36)38-19-5-2-6-20-38/h1-35H. The molecule has 0 N–H and O–H groups in total. The molecule has 0 bridgehead atoms. The van der Waals surface area contributed by atoms with E-state index < -0.39 is 0 Å². The summed E-state index contributed by atoms with van der Waals surface area (Å²) in [6.45, 7) is 0. The maximum absolute atomic E-state index is 6.55. The summed E-state index contributed by atoms with van der Waals surface area (Å²) in [6.07, 6.45) is 0. The molecule has 12 rings (SSSR count). The number of hydrogen-bond acceptors (Lipinski definition) is 2. The summed E-state index contributed by atoms with van der Waals surface area (Å²) in [5, 5.41) is 7.01. The highest BCUT2D eigenvalue weighted by molar-refractivity contribution is 6.20. The Morgan fingerprint density at radius 3 is 1.62 bits per heavy atom. The van der Waals surface area contributed by atoms with E-state index in [9.17, 15) is 0 Å². The topological polar surface area (TPSA) is 26.2 Å². The average molecular weight is 742 g/mol. The van der Waals surface area contributed by atoms with Crippen LogP contribution in [0, 0.1) is 0 Å². The van der Waals surface area contributed by atoms with Crippen molar-refractivity contribution < 1.29 is 4.42 Å². The van der Waals surface area contributed by atoms with Crippen molar-refractivity contribution in [1.82, 2.24) is 9.13 Å². The Kier molecular flexibility index (Phi) is 7.20. The van der Waals surface area contributed by atoms with Gasteiger partial charge in [0.1, 0.15) is 11.2 Å². The number of para-hydroxylation sites is 6. The van der Waals surface area contributed by atoms with Crippen molar-refractivity contribution in [2.75, 3.05) is 4.90 Å². The minimum Gasteiger partial charge on any atom is -0.456 e. The highest BCUT2D eigenvalue weighted by Gasteiger charge is 2.26. The minimum atomic E-state index is 0.855. The van der Waals surface area contributed by atoms with Gasteiger partial charge in [0.25, 0.3) is 0 Å². The maximum atomic E-state index is 6.55. The Morgan fingerprint density at radius 2 is 0.845 bits per heavy atom. The predicted molar refractivity (Wildman–Crippen MR) is 243 cm³/mol. The lowest BCUT2D eigenvalue weighted by molar-refractivity contribution is 0.669. The van der Waals surface area contributed by atoms with Gasteiger partial charge in [0.15, 0.2) is 0 Å². The highest BCUT2D eigenvalue weighted by Crippen LogP contribution is 2.50. The van der Waals surface area contributed by atoms with E-state index in [1.54, 1.807) is 0 Å². The van der Waals surface area contributed by atoms with Crippen molar-refractivity contribution in [2.24, 2.45) is 0 Å². The summed E-state index contributed by atoms with van der Waals surface area (Å²) in [5.41, 5.74) is 14.1. The number of hydrogen-bond donors (Lipinski definition) is 0. The molecule has 0 fully saturated rings. The molecule has 0 aliphatic carbocycles. The molecule has 272 valence electrons. The molecule has 0 saturated carbocycles. The zero-order chi connectivity index (χ0) is 38.2. The molecule has 0 atom stereocenters. The van der Waals surface area contributed by atoms with Crippen molar-refractivity contribution >= 4 is 82.6 Å². The van der Waals surface area contributed by atoms with E-state index in [2.05, 4.69) is 220 Å². The Hall–Kier alpha value is -7.82. The molecular weight excluding hydrogens is 707 g/mol. The fraction of sp³-hybridized carbons (Fsp3) is 0. The number of aromatic nitrogens is 2. The van der Waals surface area contributed by atoms with Gasteiger partial charge in [-0.25, -0.2) is 0 Å². The van der Waals surface area contributed by atoms with Gasteiger partial charge in [0, 0.05) is 43.9 Å². The summed E-state index contributed by atoms with van der Waals surface area (Å²) < 4.78 is 11.3. The molecule has 0 saturated heterocycles. The summed E-state index contributed by atoms with van der Waals surface area (Å²) in [5.74, 6) is 0. The van der Waals surface area contributed by atoms with Gasteiger partial charge >= 0.3 is 0 Å². The number of rotatable bonds is 6. The zero-order valence-corrected chi connectivity index (χ0v) is 31.5. The van der Waals surface area contributed by atoms with Crippen LogP contribution in [0.25, 0.3) is 88.1 Å². The molecule has 0 aliphatic heterocycles. The van der Waals surface area contributed by atoms with E-state index in [-0.39, 0.29) is 0 Å². The molecule has 0 radical (unpaired) electrons. The van der Waals surface area contributed by atoms with E-state index in [0.717, 1.165) is 72.5 Å². The number of fused-ring (bicyclic) bond motifs is 9. The van der Waals surface area contributed by atoms with Gasteiger partial charge in [0.05, 0.1) is 44.5 Å². The van der Waals surface area contributed by atoms with Gasteiger partial charge < -0.3 is 18.5 Å². The largest absolute Gasteiger partial charge is 0.456 e. The zero-order valence-electron chi connectivity index (χ0n) is 31.5. The fourth-order valence-corrected chi connectivity index (χ4v) is 9.28. The van der Waals surface area contributed by atoms with Crippen LogP contribution in [0.1, 0.15) is 0 Å². The molecule has 3 heterocycles. The third-order valence-corrected chi connectivity index (χ3v) is 11.7. The molecule has 0 aliphatic rings. The lowest BCUT2D eigenvalue weighted by Gasteiger charge is -2.29. The first-order valence-electron chi connectivity index (χ1n) is 19.8. The minimum absolute atomic E-state index is 0.855. The van der Waals surface area contributed by atoms with Crippen LogP contribution in [0.15, 0.2) is 217 Å². The second kappa shape index (κ2) is 12.9. The Labute approximate surface area is 334 Å². The van der Waals surface area contributed by atoms with Crippen molar-refractivity contribution in [1.29, 1.82) is 0 Å². The van der Waals surface area contributed by atoms with E-state index in [0.29, 0.717) is 0 Å². The molecule has 4 heteroatoms. The smallest absolute Gasteiger partial charge is 0.137 e. The summed E-state index contributed by atoms with van der Waals surface area (Å²) in [4.78, 5) is 2.47. The van der Waals surface area contributed by atoms with Crippen molar-refractivity contribution in [3.05, 3.63) is 212 Å². The van der Waals surface area contributed by atoms with Gasteiger partial charge in [0.2, 0.25) is 0 Å². The lowest BCUT2D eigenvalue weighted by Crippen LogP contribution is -2.12. The maximum Gasteiger partial charge on any atom is 0.137 e.